The van der Waals surface area contributed by atoms with E-state index in [1.165, 1.54) is 0 Å². The molecule has 1 atom stereocenters. The average Bonchev–Trinajstić information content (AvgIpc) is 3.19. The van der Waals surface area contributed by atoms with Crippen LogP contribution in [-0.4, -0.2) is 31.4 Å². The average molecular weight is 351 g/mol. The number of imidazole rings is 2. The Labute approximate surface area is 151 Å². The Hall–Kier alpha value is -3.36. The van der Waals surface area contributed by atoms with Crippen LogP contribution < -0.4 is 16.0 Å². The molecule has 0 bridgehead atoms. The van der Waals surface area contributed by atoms with Crippen LogP contribution in [0.5, 0.6) is 0 Å². The van der Waals surface area contributed by atoms with Gasteiger partial charge in [-0.2, -0.15) is 0 Å². The molecule has 0 fully saturated rings. The van der Waals surface area contributed by atoms with Gasteiger partial charge in [0, 0.05) is 6.04 Å². The van der Waals surface area contributed by atoms with Crippen LogP contribution in [0.3, 0.4) is 0 Å². The van der Waals surface area contributed by atoms with Gasteiger partial charge in [-0.25, -0.2) is 20.0 Å². The van der Waals surface area contributed by atoms with Crippen molar-refractivity contribution < 1.29 is 0 Å². The lowest BCUT2D eigenvalue weighted by atomic mass is 10.3. The van der Waals surface area contributed by atoms with E-state index in [2.05, 4.69) is 62.5 Å². The van der Waals surface area contributed by atoms with E-state index >= 15 is 0 Å². The van der Waals surface area contributed by atoms with Crippen molar-refractivity contribution in [2.75, 3.05) is 5.32 Å². The SMILES string of the molecule is C=C1NC(=NC(C)n2cnc3c2N=CNC3=C)Nc2c1ncn2C(C)C. The van der Waals surface area contributed by atoms with E-state index in [9.17, 15) is 0 Å². The van der Waals surface area contributed by atoms with Gasteiger partial charge in [-0.05, 0) is 20.8 Å². The molecule has 0 aromatic carbocycles. The molecule has 9 heteroatoms. The summed E-state index contributed by atoms with van der Waals surface area (Å²) in [7, 11) is 0. The molecule has 0 saturated heterocycles. The van der Waals surface area contributed by atoms with E-state index < -0.39 is 0 Å². The number of hydrogen-bond acceptors (Lipinski definition) is 5. The monoisotopic (exact) mass is 351 g/mol. The van der Waals surface area contributed by atoms with Crippen molar-refractivity contribution in [1.29, 1.82) is 0 Å². The lowest BCUT2D eigenvalue weighted by Crippen LogP contribution is -2.35. The Balaban J connectivity index is 1.65. The van der Waals surface area contributed by atoms with Crippen molar-refractivity contribution >= 4 is 35.3 Å². The smallest absolute Gasteiger partial charge is 0.203 e. The van der Waals surface area contributed by atoms with Gasteiger partial charge in [0.2, 0.25) is 5.96 Å². The van der Waals surface area contributed by atoms with Crippen molar-refractivity contribution in [3.05, 3.63) is 37.2 Å². The van der Waals surface area contributed by atoms with Gasteiger partial charge in [-0.15, -0.1) is 0 Å². The van der Waals surface area contributed by atoms with Crippen LogP contribution in [0.1, 0.15) is 44.4 Å². The molecule has 2 aliphatic heterocycles. The van der Waals surface area contributed by atoms with Crippen molar-refractivity contribution in [2.24, 2.45) is 9.98 Å². The summed E-state index contributed by atoms with van der Waals surface area (Å²) >= 11 is 0. The summed E-state index contributed by atoms with van der Waals surface area (Å²) in [6.07, 6.45) is 4.90. The Kier molecular flexibility index (Phi) is 3.64. The number of nitrogens with one attached hydrogen (secondary N) is 3. The fourth-order valence-corrected chi connectivity index (χ4v) is 2.96. The summed E-state index contributed by atoms with van der Waals surface area (Å²) < 4.78 is 3.95. The van der Waals surface area contributed by atoms with Crippen LogP contribution in [0, 0.1) is 0 Å². The van der Waals surface area contributed by atoms with Crippen molar-refractivity contribution in [3.63, 3.8) is 0 Å². The second-order valence-electron chi connectivity index (χ2n) is 6.49. The van der Waals surface area contributed by atoms with E-state index in [0.717, 1.165) is 28.7 Å². The summed E-state index contributed by atoms with van der Waals surface area (Å²) in [5.41, 5.74) is 2.97. The van der Waals surface area contributed by atoms with Gasteiger partial charge in [0.1, 0.15) is 23.4 Å². The van der Waals surface area contributed by atoms with Gasteiger partial charge in [-0.1, -0.05) is 13.2 Å². The molecule has 1 unspecified atom stereocenters. The molecule has 134 valence electrons. The first-order valence-electron chi connectivity index (χ1n) is 8.39. The van der Waals surface area contributed by atoms with Crippen molar-refractivity contribution in [3.8, 4) is 0 Å². The van der Waals surface area contributed by atoms with E-state index in [0.29, 0.717) is 11.7 Å². The zero-order valence-corrected chi connectivity index (χ0v) is 15.0. The van der Waals surface area contributed by atoms with Gasteiger partial charge >= 0.3 is 0 Å². The van der Waals surface area contributed by atoms with E-state index in [1.54, 1.807) is 19.0 Å². The molecule has 26 heavy (non-hydrogen) atoms. The predicted octanol–water partition coefficient (Wildman–Crippen LogP) is 2.45. The third kappa shape index (κ3) is 2.48. The van der Waals surface area contributed by atoms with Gasteiger partial charge in [0.05, 0.1) is 30.4 Å². The second-order valence-corrected chi connectivity index (χ2v) is 6.49. The van der Waals surface area contributed by atoms with E-state index in [-0.39, 0.29) is 12.2 Å². The minimum Gasteiger partial charge on any atom is -0.345 e. The summed E-state index contributed by atoms with van der Waals surface area (Å²) in [6.45, 7) is 14.2. The standard InChI is InChI=1S/C17H21N9/c1-9(2)25-7-20-14-11(4)22-17(24-16(14)25)23-12(5)26-8-21-13-10(3)18-6-19-15(13)26/h6-9,12H,3-4H2,1-2,5H3,(H,18,19)(H2,22,23,24). The molecule has 9 nitrogen and oxygen atoms in total. The fraction of sp³-hybridized carbons (Fsp3) is 0.294. The van der Waals surface area contributed by atoms with Gasteiger partial charge in [-0.3, -0.25) is 4.57 Å². The highest BCUT2D eigenvalue weighted by molar-refractivity contribution is 6.03. The topological polar surface area (TPSA) is 96.4 Å². The first kappa shape index (κ1) is 16.1. The summed E-state index contributed by atoms with van der Waals surface area (Å²) in [4.78, 5) is 17.9. The highest BCUT2D eigenvalue weighted by Crippen LogP contribution is 2.30. The summed E-state index contributed by atoms with van der Waals surface area (Å²) in [5.74, 6) is 2.22. The lowest BCUT2D eigenvalue weighted by Gasteiger charge is -2.24. The number of nitrogens with zero attached hydrogens (tertiary/aromatic N) is 6. The number of fused-ring (bicyclic) bond motifs is 2. The number of aromatic nitrogens is 4. The normalized spacial score (nSPS) is 18.2. The van der Waals surface area contributed by atoms with Crippen LogP contribution in [0.4, 0.5) is 11.6 Å². The molecule has 0 saturated carbocycles. The highest BCUT2D eigenvalue weighted by Gasteiger charge is 2.24. The van der Waals surface area contributed by atoms with Crippen molar-refractivity contribution in [1.82, 2.24) is 29.7 Å². The molecule has 0 spiro atoms. The largest absolute Gasteiger partial charge is 0.345 e. The molecule has 0 amide bonds. The predicted molar refractivity (Wildman–Crippen MR) is 103 cm³/mol. The first-order chi connectivity index (χ1) is 12.5. The molecule has 4 rings (SSSR count). The minimum atomic E-state index is -0.228. The molecule has 2 aliphatic rings. The molecule has 2 aromatic rings. The Bertz CT molecular complexity index is 957. The summed E-state index contributed by atoms with van der Waals surface area (Å²) in [5, 5.41) is 9.45. The lowest BCUT2D eigenvalue weighted by molar-refractivity contribution is 0.575. The minimum absolute atomic E-state index is 0.228. The highest BCUT2D eigenvalue weighted by atomic mass is 15.3. The Morgan fingerprint density at radius 2 is 1.73 bits per heavy atom. The fourth-order valence-electron chi connectivity index (χ4n) is 2.96. The van der Waals surface area contributed by atoms with Crippen LogP contribution in [-0.2, 0) is 0 Å². The number of anilines is 1. The van der Waals surface area contributed by atoms with Crippen LogP contribution in [0.2, 0.25) is 0 Å². The maximum atomic E-state index is 4.73. The summed E-state index contributed by atoms with van der Waals surface area (Å²) in [6, 6.07) is 0.275. The molecule has 0 aliphatic carbocycles. The van der Waals surface area contributed by atoms with Crippen LogP contribution >= 0.6 is 0 Å². The quantitative estimate of drug-likeness (QED) is 0.789. The molecule has 0 radical (unpaired) electrons. The third-order valence-electron chi connectivity index (χ3n) is 4.34. The maximum absolute atomic E-state index is 4.73. The number of rotatable bonds is 3. The van der Waals surface area contributed by atoms with Crippen LogP contribution in [0.25, 0.3) is 11.4 Å². The molecular formula is C17H21N9. The third-order valence-corrected chi connectivity index (χ3v) is 4.34. The first-order valence-corrected chi connectivity index (χ1v) is 8.39. The number of aliphatic imine (C=N–C) groups is 2. The number of hydrogen-bond donors (Lipinski definition) is 3. The second kappa shape index (κ2) is 5.87. The number of guanidine groups is 1. The molecule has 2 aromatic heterocycles. The molecular weight excluding hydrogens is 330 g/mol. The van der Waals surface area contributed by atoms with E-state index in [4.69, 9.17) is 4.99 Å². The zero-order chi connectivity index (χ0) is 18.4. The van der Waals surface area contributed by atoms with Crippen LogP contribution in [0.15, 0.2) is 35.8 Å². The van der Waals surface area contributed by atoms with Gasteiger partial charge < -0.3 is 20.5 Å². The Morgan fingerprint density at radius 1 is 1.00 bits per heavy atom. The Morgan fingerprint density at radius 3 is 2.50 bits per heavy atom. The van der Waals surface area contributed by atoms with Gasteiger partial charge in [0.15, 0.2) is 5.82 Å². The van der Waals surface area contributed by atoms with Crippen molar-refractivity contribution in [2.45, 2.75) is 33.0 Å². The molecule has 4 heterocycles. The van der Waals surface area contributed by atoms with Gasteiger partial charge in [0.25, 0.3) is 0 Å². The zero-order valence-electron chi connectivity index (χ0n) is 15.0. The van der Waals surface area contributed by atoms with E-state index in [1.807, 2.05) is 11.5 Å². The molecule has 3 N–H and O–H groups in total. The maximum Gasteiger partial charge on any atom is 0.203 e.